The van der Waals surface area contributed by atoms with Crippen molar-refractivity contribution in [3.8, 4) is 0 Å². The molecule has 1 heterocycles. The number of aromatic carboxylic acids is 2. The number of aryl methyl sites for hydroxylation is 2. The maximum atomic E-state index is 12.7. The SMILES string of the molecule is CCN(CC)C(=O)CN[C@@H](C)CC1(c2nn[nH]n2)c2ccc(C(=O)O)cc2CCCc2cc(C(=O)O)ccc21. The zero-order chi connectivity index (χ0) is 28.2. The first kappa shape index (κ1) is 27.9. The van der Waals surface area contributed by atoms with Crippen LogP contribution in [0.15, 0.2) is 36.4 Å². The number of rotatable bonds is 10. The number of carbonyl (C=O) groups is 3. The Morgan fingerprint density at radius 3 is 2.03 bits per heavy atom. The number of likely N-dealkylation sites (N-methyl/N-ethyl adjacent to an activating group) is 1. The molecule has 0 aliphatic heterocycles. The van der Waals surface area contributed by atoms with E-state index in [9.17, 15) is 24.6 Å². The van der Waals surface area contributed by atoms with Crippen molar-refractivity contribution in [1.29, 1.82) is 0 Å². The van der Waals surface area contributed by atoms with Crippen LogP contribution >= 0.6 is 0 Å². The maximum absolute atomic E-state index is 12.7. The molecule has 1 atom stereocenters. The lowest BCUT2D eigenvalue weighted by Gasteiger charge is -2.39. The van der Waals surface area contributed by atoms with Crippen molar-refractivity contribution in [3.63, 3.8) is 0 Å². The van der Waals surface area contributed by atoms with Crippen molar-refractivity contribution >= 4 is 17.8 Å². The summed E-state index contributed by atoms with van der Waals surface area (Å²) in [4.78, 5) is 38.1. The van der Waals surface area contributed by atoms with Crippen LogP contribution in [0.5, 0.6) is 0 Å². The van der Waals surface area contributed by atoms with Crippen LogP contribution in [-0.4, -0.2) is 79.3 Å². The summed E-state index contributed by atoms with van der Waals surface area (Å²) >= 11 is 0. The molecule has 0 radical (unpaired) electrons. The summed E-state index contributed by atoms with van der Waals surface area (Å²) in [7, 11) is 0. The van der Waals surface area contributed by atoms with Crippen LogP contribution in [0.2, 0.25) is 0 Å². The van der Waals surface area contributed by atoms with E-state index in [-0.39, 0.29) is 29.6 Å². The van der Waals surface area contributed by atoms with Crippen LogP contribution in [0.4, 0.5) is 0 Å². The molecule has 11 nitrogen and oxygen atoms in total. The van der Waals surface area contributed by atoms with Gasteiger partial charge in [0.1, 0.15) is 0 Å². The molecule has 2 aromatic carbocycles. The Balaban J connectivity index is 1.89. The van der Waals surface area contributed by atoms with Gasteiger partial charge in [-0.25, -0.2) is 9.59 Å². The molecule has 39 heavy (non-hydrogen) atoms. The van der Waals surface area contributed by atoms with Crippen LogP contribution in [0.3, 0.4) is 0 Å². The van der Waals surface area contributed by atoms with E-state index in [0.717, 1.165) is 22.3 Å². The molecule has 4 N–H and O–H groups in total. The van der Waals surface area contributed by atoms with Crippen molar-refractivity contribution in [2.24, 2.45) is 0 Å². The van der Waals surface area contributed by atoms with Gasteiger partial charge in [0.15, 0.2) is 5.82 Å². The summed E-state index contributed by atoms with van der Waals surface area (Å²) in [6.07, 6.45) is 2.31. The largest absolute Gasteiger partial charge is 0.478 e. The van der Waals surface area contributed by atoms with Gasteiger partial charge in [0.2, 0.25) is 5.91 Å². The van der Waals surface area contributed by atoms with Crippen LogP contribution in [-0.2, 0) is 23.1 Å². The van der Waals surface area contributed by atoms with Gasteiger partial charge in [0.25, 0.3) is 0 Å². The fraction of sp³-hybridized carbons (Fsp3) is 0.429. The summed E-state index contributed by atoms with van der Waals surface area (Å²) in [5, 5.41) is 38.0. The van der Waals surface area contributed by atoms with E-state index in [0.29, 0.717) is 44.6 Å². The lowest BCUT2D eigenvalue weighted by Crippen LogP contribution is -2.45. The highest BCUT2D eigenvalue weighted by Gasteiger charge is 2.45. The monoisotopic (exact) mass is 534 g/mol. The van der Waals surface area contributed by atoms with E-state index in [1.165, 1.54) is 0 Å². The number of carboxylic acid groups (broad SMARTS) is 2. The number of tetrazole rings is 1. The quantitative estimate of drug-likeness (QED) is 0.306. The summed E-state index contributed by atoms with van der Waals surface area (Å²) < 4.78 is 0. The number of nitrogens with zero attached hydrogens (tertiary/aromatic N) is 4. The second-order valence-electron chi connectivity index (χ2n) is 9.90. The molecule has 0 spiro atoms. The van der Waals surface area contributed by atoms with Gasteiger partial charge in [0, 0.05) is 19.1 Å². The number of nitrogens with one attached hydrogen (secondary N) is 2. The molecular weight excluding hydrogens is 500 g/mol. The molecule has 0 bridgehead atoms. The van der Waals surface area contributed by atoms with Crippen LogP contribution in [0.25, 0.3) is 0 Å². The number of aromatic amines is 1. The molecule has 4 rings (SSSR count). The fourth-order valence-corrected chi connectivity index (χ4v) is 5.69. The van der Waals surface area contributed by atoms with Gasteiger partial charge in [-0.1, -0.05) is 17.3 Å². The Morgan fingerprint density at radius 1 is 1.00 bits per heavy atom. The first-order chi connectivity index (χ1) is 18.7. The zero-order valence-corrected chi connectivity index (χ0v) is 22.4. The maximum Gasteiger partial charge on any atom is 0.335 e. The highest BCUT2D eigenvalue weighted by molar-refractivity contribution is 5.89. The predicted molar refractivity (Wildman–Crippen MR) is 143 cm³/mol. The number of hydrogen-bond acceptors (Lipinski definition) is 7. The summed E-state index contributed by atoms with van der Waals surface area (Å²) in [6.45, 7) is 7.26. The Bertz CT molecular complexity index is 1290. The molecule has 1 amide bonds. The molecule has 0 saturated heterocycles. The minimum Gasteiger partial charge on any atom is -0.478 e. The minimum atomic E-state index is -1.01. The topological polar surface area (TPSA) is 161 Å². The Hall–Kier alpha value is -4.12. The summed E-state index contributed by atoms with van der Waals surface area (Å²) in [6, 6.07) is 9.96. The molecule has 0 saturated carbocycles. The second kappa shape index (κ2) is 11.7. The summed E-state index contributed by atoms with van der Waals surface area (Å²) in [5.74, 6) is -1.64. The van der Waals surface area contributed by atoms with E-state index in [1.807, 2.05) is 32.9 Å². The fourth-order valence-electron chi connectivity index (χ4n) is 5.69. The average molecular weight is 535 g/mol. The van der Waals surface area contributed by atoms with Crippen molar-refractivity contribution in [2.75, 3.05) is 19.6 Å². The van der Waals surface area contributed by atoms with Gasteiger partial charge < -0.3 is 20.4 Å². The molecule has 1 aliphatic rings. The Kier molecular flexibility index (Phi) is 8.39. The number of carbonyl (C=O) groups excluding carboxylic acids is 1. The number of amides is 1. The van der Waals surface area contributed by atoms with Crippen molar-refractivity contribution in [3.05, 3.63) is 75.6 Å². The zero-order valence-electron chi connectivity index (χ0n) is 22.4. The molecule has 1 aromatic heterocycles. The summed E-state index contributed by atoms with van der Waals surface area (Å²) in [5.41, 5.74) is 2.78. The van der Waals surface area contributed by atoms with E-state index in [4.69, 9.17) is 0 Å². The van der Waals surface area contributed by atoms with E-state index < -0.39 is 17.4 Å². The van der Waals surface area contributed by atoms with E-state index in [2.05, 4.69) is 25.9 Å². The number of aromatic nitrogens is 4. The van der Waals surface area contributed by atoms with Gasteiger partial charge in [-0.3, -0.25) is 4.79 Å². The molecule has 1 aliphatic carbocycles. The van der Waals surface area contributed by atoms with Crippen molar-refractivity contribution in [2.45, 2.75) is 57.9 Å². The number of hydrogen-bond donors (Lipinski definition) is 4. The second-order valence-corrected chi connectivity index (χ2v) is 9.90. The molecule has 0 fully saturated rings. The van der Waals surface area contributed by atoms with E-state index >= 15 is 0 Å². The molecular formula is C28H34N6O5. The normalized spacial score (nSPS) is 14.8. The number of carboxylic acids is 2. The number of fused-ring (bicyclic) bond motifs is 2. The highest BCUT2D eigenvalue weighted by atomic mass is 16.4. The van der Waals surface area contributed by atoms with Gasteiger partial charge in [-0.15, -0.1) is 10.2 Å². The molecule has 0 unspecified atom stereocenters. The smallest absolute Gasteiger partial charge is 0.335 e. The lowest BCUT2D eigenvalue weighted by atomic mass is 9.65. The highest BCUT2D eigenvalue weighted by Crippen LogP contribution is 2.46. The van der Waals surface area contributed by atoms with Crippen LogP contribution in [0.1, 0.15) is 82.4 Å². The van der Waals surface area contributed by atoms with E-state index in [1.54, 1.807) is 29.2 Å². The predicted octanol–water partition coefficient (Wildman–Crippen LogP) is 2.66. The third kappa shape index (κ3) is 5.53. The van der Waals surface area contributed by atoms with Crippen LogP contribution in [0, 0.1) is 0 Å². The van der Waals surface area contributed by atoms with Crippen LogP contribution < -0.4 is 5.32 Å². The van der Waals surface area contributed by atoms with Crippen molar-refractivity contribution in [1.82, 2.24) is 30.8 Å². The first-order valence-electron chi connectivity index (χ1n) is 13.2. The lowest BCUT2D eigenvalue weighted by molar-refractivity contribution is -0.130. The Morgan fingerprint density at radius 2 is 1.56 bits per heavy atom. The third-order valence-electron chi connectivity index (χ3n) is 7.57. The average Bonchev–Trinajstić information content (AvgIpc) is 3.46. The van der Waals surface area contributed by atoms with Gasteiger partial charge in [-0.05, 0) is 93.0 Å². The molecule has 206 valence electrons. The van der Waals surface area contributed by atoms with Crippen molar-refractivity contribution < 1.29 is 24.6 Å². The number of H-pyrrole nitrogens is 1. The third-order valence-corrected chi connectivity index (χ3v) is 7.57. The standard InChI is InChI=1S/C28H34N6O5/c1-4-34(5-2)24(35)16-29-17(3)15-28(27-30-32-33-31-27)22-11-9-20(25(36)37)13-18(22)7-6-8-19-14-21(26(38)39)10-12-23(19)28/h9-14,17,29H,4-8,15-16H2,1-3H3,(H,36,37)(H,38,39)(H,30,31,32,33)/t17-/m0/s1. The van der Waals surface area contributed by atoms with Gasteiger partial charge in [0.05, 0.1) is 23.1 Å². The number of benzene rings is 2. The Labute approximate surface area is 226 Å². The van der Waals surface area contributed by atoms with Gasteiger partial charge in [-0.2, -0.15) is 5.21 Å². The minimum absolute atomic E-state index is 0.00359. The molecule has 11 heteroatoms. The van der Waals surface area contributed by atoms with Gasteiger partial charge >= 0.3 is 11.9 Å². The molecule has 3 aromatic rings. The first-order valence-corrected chi connectivity index (χ1v) is 13.2.